The van der Waals surface area contributed by atoms with E-state index in [1.807, 2.05) is 37.3 Å². The van der Waals surface area contributed by atoms with E-state index in [-0.39, 0.29) is 17.7 Å². The molecule has 2 aromatic rings. The number of nitrogens with one attached hydrogen (secondary N) is 1. The lowest BCUT2D eigenvalue weighted by Crippen LogP contribution is -2.38. The van der Waals surface area contributed by atoms with Gasteiger partial charge in [0.05, 0.1) is 6.61 Å². The summed E-state index contributed by atoms with van der Waals surface area (Å²) in [6.45, 7) is 6.34. The van der Waals surface area contributed by atoms with Crippen molar-refractivity contribution in [3.05, 3.63) is 53.6 Å². The summed E-state index contributed by atoms with van der Waals surface area (Å²) in [7, 11) is 0. The van der Waals surface area contributed by atoms with Gasteiger partial charge in [0.2, 0.25) is 11.8 Å². The fourth-order valence-electron chi connectivity index (χ4n) is 3.83. The first kappa shape index (κ1) is 22.7. The Morgan fingerprint density at radius 3 is 2.45 bits per heavy atom. The molecule has 0 bridgehead atoms. The first-order chi connectivity index (χ1) is 14.9. The number of benzene rings is 2. The lowest BCUT2D eigenvalue weighted by molar-refractivity contribution is -0.122. The van der Waals surface area contributed by atoms with E-state index in [2.05, 4.69) is 29.3 Å². The maximum absolute atomic E-state index is 12.2. The molecule has 2 amide bonds. The van der Waals surface area contributed by atoms with Crippen LogP contribution in [0.5, 0.6) is 5.75 Å². The molecule has 1 aliphatic rings. The topological polar surface area (TPSA) is 84.7 Å². The van der Waals surface area contributed by atoms with Gasteiger partial charge in [-0.15, -0.1) is 0 Å². The second kappa shape index (κ2) is 10.8. The Labute approximate surface area is 184 Å². The van der Waals surface area contributed by atoms with Crippen LogP contribution in [0, 0.1) is 19.8 Å². The highest BCUT2D eigenvalue weighted by Crippen LogP contribution is 2.24. The number of nitrogens with two attached hydrogens (primary N) is 1. The molecule has 3 rings (SSSR count). The number of anilines is 2. The van der Waals surface area contributed by atoms with Crippen LogP contribution in [0.2, 0.25) is 0 Å². The molecule has 0 atom stereocenters. The van der Waals surface area contributed by atoms with E-state index >= 15 is 0 Å². The number of rotatable bonds is 9. The van der Waals surface area contributed by atoms with Crippen molar-refractivity contribution in [3.63, 3.8) is 0 Å². The molecule has 0 unspecified atom stereocenters. The Hall–Kier alpha value is -3.02. The highest BCUT2D eigenvalue weighted by molar-refractivity contribution is 5.90. The summed E-state index contributed by atoms with van der Waals surface area (Å²) >= 11 is 0. The first-order valence-electron chi connectivity index (χ1n) is 11.1. The SMILES string of the molecule is Cc1ccc(C)c(OCCCCC(=O)Nc2ccc(N3CCC(C(N)=O)CC3)cc2)c1. The quantitative estimate of drug-likeness (QED) is 0.592. The Kier molecular flexibility index (Phi) is 7.93. The van der Waals surface area contributed by atoms with Gasteiger partial charge in [-0.1, -0.05) is 12.1 Å². The molecule has 0 aliphatic carbocycles. The van der Waals surface area contributed by atoms with Crippen molar-refractivity contribution in [1.82, 2.24) is 0 Å². The second-order valence-electron chi connectivity index (χ2n) is 8.33. The van der Waals surface area contributed by atoms with Crippen LogP contribution in [-0.4, -0.2) is 31.5 Å². The van der Waals surface area contributed by atoms with Crippen LogP contribution >= 0.6 is 0 Å². The number of primary amides is 1. The number of ether oxygens (including phenoxy) is 1. The number of amides is 2. The predicted molar refractivity (Wildman–Crippen MR) is 124 cm³/mol. The van der Waals surface area contributed by atoms with Gasteiger partial charge in [-0.25, -0.2) is 0 Å². The van der Waals surface area contributed by atoms with Gasteiger partial charge in [0.25, 0.3) is 0 Å². The van der Waals surface area contributed by atoms with Crippen molar-refractivity contribution in [1.29, 1.82) is 0 Å². The Morgan fingerprint density at radius 1 is 1.06 bits per heavy atom. The summed E-state index contributed by atoms with van der Waals surface area (Å²) in [6.07, 6.45) is 3.67. The van der Waals surface area contributed by atoms with Crippen molar-refractivity contribution in [3.8, 4) is 5.75 Å². The molecule has 3 N–H and O–H groups in total. The van der Waals surface area contributed by atoms with Crippen LogP contribution in [0.25, 0.3) is 0 Å². The molecular formula is C25H33N3O3. The standard InChI is InChI=1S/C25H33N3O3/c1-18-6-7-19(2)23(17-18)31-16-4-3-5-24(29)27-21-8-10-22(11-9-21)28-14-12-20(13-15-28)25(26)30/h6-11,17,20H,3-5,12-16H2,1-2H3,(H2,26,30)(H,27,29). The molecule has 31 heavy (non-hydrogen) atoms. The zero-order valence-electron chi connectivity index (χ0n) is 18.5. The number of unbranched alkanes of at least 4 members (excludes halogenated alkanes) is 1. The molecule has 166 valence electrons. The third kappa shape index (κ3) is 6.74. The summed E-state index contributed by atoms with van der Waals surface area (Å²) in [5.41, 5.74) is 9.61. The van der Waals surface area contributed by atoms with Gasteiger partial charge < -0.3 is 20.7 Å². The van der Waals surface area contributed by atoms with Gasteiger partial charge >= 0.3 is 0 Å². The van der Waals surface area contributed by atoms with Crippen LogP contribution in [0.1, 0.15) is 43.2 Å². The summed E-state index contributed by atoms with van der Waals surface area (Å²) in [5.74, 6) is 0.723. The van der Waals surface area contributed by atoms with Crippen molar-refractivity contribution in [2.45, 2.75) is 46.0 Å². The smallest absolute Gasteiger partial charge is 0.224 e. The van der Waals surface area contributed by atoms with E-state index in [1.54, 1.807) is 0 Å². The molecule has 1 saturated heterocycles. The third-order valence-electron chi connectivity index (χ3n) is 5.81. The fourth-order valence-corrected chi connectivity index (χ4v) is 3.83. The van der Waals surface area contributed by atoms with E-state index in [0.717, 1.165) is 61.5 Å². The van der Waals surface area contributed by atoms with E-state index in [1.165, 1.54) is 5.56 Å². The van der Waals surface area contributed by atoms with Crippen LogP contribution < -0.4 is 20.7 Å². The van der Waals surface area contributed by atoms with Crippen LogP contribution in [0.15, 0.2) is 42.5 Å². The van der Waals surface area contributed by atoms with Gasteiger partial charge in [-0.05, 0) is 81.0 Å². The van der Waals surface area contributed by atoms with Gasteiger partial charge in [-0.2, -0.15) is 0 Å². The molecule has 1 heterocycles. The highest BCUT2D eigenvalue weighted by atomic mass is 16.5. The molecule has 0 saturated carbocycles. The van der Waals surface area contributed by atoms with Gasteiger partial charge in [0, 0.05) is 36.8 Å². The number of aryl methyl sites for hydroxylation is 2. The number of piperidine rings is 1. The van der Waals surface area contributed by atoms with Gasteiger partial charge in [-0.3, -0.25) is 9.59 Å². The zero-order valence-corrected chi connectivity index (χ0v) is 18.5. The minimum atomic E-state index is -0.199. The summed E-state index contributed by atoms with van der Waals surface area (Å²) in [6, 6.07) is 14.1. The molecule has 1 fully saturated rings. The lowest BCUT2D eigenvalue weighted by Gasteiger charge is -2.32. The highest BCUT2D eigenvalue weighted by Gasteiger charge is 2.23. The van der Waals surface area contributed by atoms with Crippen LogP contribution in [0.4, 0.5) is 11.4 Å². The lowest BCUT2D eigenvalue weighted by atomic mass is 9.96. The molecule has 6 nitrogen and oxygen atoms in total. The van der Waals surface area contributed by atoms with E-state index < -0.39 is 0 Å². The minimum Gasteiger partial charge on any atom is -0.493 e. The minimum absolute atomic E-state index is 0.0129. The predicted octanol–water partition coefficient (Wildman–Crippen LogP) is 4.19. The Balaban J connectivity index is 1.36. The van der Waals surface area contributed by atoms with Crippen LogP contribution in [-0.2, 0) is 9.59 Å². The second-order valence-corrected chi connectivity index (χ2v) is 8.33. The van der Waals surface area contributed by atoms with Crippen molar-refractivity contribution in [2.24, 2.45) is 11.7 Å². The average molecular weight is 424 g/mol. The van der Waals surface area contributed by atoms with Crippen molar-refractivity contribution >= 4 is 23.2 Å². The molecule has 0 spiro atoms. The molecule has 0 aromatic heterocycles. The molecule has 2 aromatic carbocycles. The summed E-state index contributed by atoms with van der Waals surface area (Å²) in [5, 5.41) is 2.96. The molecule has 6 heteroatoms. The molecular weight excluding hydrogens is 390 g/mol. The Morgan fingerprint density at radius 2 is 1.77 bits per heavy atom. The Bertz CT molecular complexity index is 887. The molecule has 0 radical (unpaired) electrons. The monoisotopic (exact) mass is 423 g/mol. The van der Waals surface area contributed by atoms with Crippen molar-refractivity contribution < 1.29 is 14.3 Å². The number of hydrogen-bond donors (Lipinski definition) is 2. The van der Waals surface area contributed by atoms with Crippen LogP contribution in [0.3, 0.4) is 0 Å². The summed E-state index contributed by atoms with van der Waals surface area (Å²) in [4.78, 5) is 25.8. The molecule has 1 aliphatic heterocycles. The van der Waals surface area contributed by atoms with Gasteiger partial charge in [0.1, 0.15) is 5.75 Å². The number of carbonyl (C=O) groups is 2. The maximum atomic E-state index is 12.2. The zero-order chi connectivity index (χ0) is 22.2. The normalized spacial score (nSPS) is 14.3. The number of carbonyl (C=O) groups excluding carboxylic acids is 2. The summed E-state index contributed by atoms with van der Waals surface area (Å²) < 4.78 is 5.85. The first-order valence-corrected chi connectivity index (χ1v) is 11.1. The maximum Gasteiger partial charge on any atom is 0.224 e. The van der Waals surface area contributed by atoms with Crippen molar-refractivity contribution in [2.75, 3.05) is 29.9 Å². The third-order valence-corrected chi connectivity index (χ3v) is 5.81. The number of hydrogen-bond acceptors (Lipinski definition) is 4. The van der Waals surface area contributed by atoms with E-state index in [0.29, 0.717) is 13.0 Å². The van der Waals surface area contributed by atoms with E-state index in [9.17, 15) is 9.59 Å². The largest absolute Gasteiger partial charge is 0.493 e. The van der Waals surface area contributed by atoms with E-state index in [4.69, 9.17) is 10.5 Å². The van der Waals surface area contributed by atoms with Gasteiger partial charge in [0.15, 0.2) is 0 Å². The fraction of sp³-hybridized carbons (Fsp3) is 0.440. The average Bonchev–Trinajstić information content (AvgIpc) is 2.76. The number of nitrogens with zero attached hydrogens (tertiary/aromatic N) is 1.